The van der Waals surface area contributed by atoms with E-state index in [-0.39, 0.29) is 0 Å². The zero-order valence-electron chi connectivity index (χ0n) is 17.5. The Labute approximate surface area is 184 Å². The van der Waals surface area contributed by atoms with Crippen LogP contribution in [0, 0.1) is 6.92 Å². The van der Waals surface area contributed by atoms with Gasteiger partial charge in [0.15, 0.2) is 0 Å². The average Bonchev–Trinajstić information content (AvgIpc) is 2.80. The fourth-order valence-electron chi connectivity index (χ4n) is 3.60. The summed E-state index contributed by atoms with van der Waals surface area (Å²) in [7, 11) is 0. The van der Waals surface area contributed by atoms with E-state index in [4.69, 9.17) is 11.6 Å². The van der Waals surface area contributed by atoms with Crippen LogP contribution < -0.4 is 4.90 Å². The van der Waals surface area contributed by atoms with Crippen LogP contribution in [0.2, 0.25) is 5.02 Å². The van der Waals surface area contributed by atoms with Crippen molar-refractivity contribution < 1.29 is 0 Å². The Morgan fingerprint density at radius 1 is 0.600 bits per heavy atom. The Bertz CT molecular complexity index is 1080. The van der Waals surface area contributed by atoms with E-state index in [9.17, 15) is 0 Å². The lowest BCUT2D eigenvalue weighted by atomic mass is 10.0. The SMILES string of the molecule is CCc1ccc(-c2ccc(N(Cc3ccc(Cl)cc3)c3ccc(C)cc3)cc2)cc1. The first-order chi connectivity index (χ1) is 14.6. The van der Waals surface area contributed by atoms with E-state index >= 15 is 0 Å². The third-order valence-electron chi connectivity index (χ3n) is 5.47. The normalized spacial score (nSPS) is 10.8. The molecule has 0 bridgehead atoms. The molecule has 0 saturated heterocycles. The van der Waals surface area contributed by atoms with E-state index in [1.54, 1.807) is 0 Å². The molecular weight excluding hydrogens is 386 g/mol. The van der Waals surface area contributed by atoms with Gasteiger partial charge in [0, 0.05) is 22.9 Å². The van der Waals surface area contributed by atoms with Gasteiger partial charge < -0.3 is 4.90 Å². The van der Waals surface area contributed by atoms with Crippen LogP contribution in [0.15, 0.2) is 97.1 Å². The van der Waals surface area contributed by atoms with Crippen LogP contribution >= 0.6 is 11.6 Å². The minimum absolute atomic E-state index is 0.763. The van der Waals surface area contributed by atoms with Crippen LogP contribution in [0.3, 0.4) is 0 Å². The van der Waals surface area contributed by atoms with E-state index in [2.05, 4.69) is 104 Å². The highest BCUT2D eigenvalue weighted by Gasteiger charge is 2.11. The van der Waals surface area contributed by atoms with E-state index in [1.807, 2.05) is 12.1 Å². The van der Waals surface area contributed by atoms with Crippen LogP contribution in [0.4, 0.5) is 11.4 Å². The fraction of sp³-hybridized carbons (Fsp3) is 0.143. The lowest BCUT2D eigenvalue weighted by molar-refractivity contribution is 0.975. The number of nitrogens with zero attached hydrogens (tertiary/aromatic N) is 1. The van der Waals surface area contributed by atoms with E-state index in [0.29, 0.717) is 0 Å². The largest absolute Gasteiger partial charge is 0.337 e. The number of halogens is 1. The summed E-state index contributed by atoms with van der Waals surface area (Å²) in [5.74, 6) is 0. The summed E-state index contributed by atoms with van der Waals surface area (Å²) in [6.07, 6.45) is 1.06. The summed E-state index contributed by atoms with van der Waals surface area (Å²) in [5.41, 5.74) is 8.67. The Hall–Kier alpha value is -3.03. The first-order valence-corrected chi connectivity index (χ1v) is 10.8. The first-order valence-electron chi connectivity index (χ1n) is 10.4. The molecule has 4 aromatic carbocycles. The van der Waals surface area contributed by atoms with Gasteiger partial charge in [0.1, 0.15) is 0 Å². The van der Waals surface area contributed by atoms with Gasteiger partial charge in [-0.05, 0) is 72.0 Å². The number of hydrogen-bond donors (Lipinski definition) is 0. The smallest absolute Gasteiger partial charge is 0.0481 e. The molecule has 0 aliphatic carbocycles. The van der Waals surface area contributed by atoms with Crippen molar-refractivity contribution in [2.24, 2.45) is 0 Å². The van der Waals surface area contributed by atoms with Crippen molar-refractivity contribution in [3.63, 3.8) is 0 Å². The molecule has 0 radical (unpaired) electrons. The summed E-state index contributed by atoms with van der Waals surface area (Å²) in [6, 6.07) is 34.4. The molecule has 0 fully saturated rings. The molecule has 0 aromatic heterocycles. The predicted molar refractivity (Wildman–Crippen MR) is 130 cm³/mol. The number of hydrogen-bond acceptors (Lipinski definition) is 1. The maximum Gasteiger partial charge on any atom is 0.0481 e. The topological polar surface area (TPSA) is 3.24 Å². The second-order valence-electron chi connectivity index (χ2n) is 7.65. The molecule has 0 atom stereocenters. The van der Waals surface area contributed by atoms with Gasteiger partial charge in [0.2, 0.25) is 0 Å². The molecule has 0 amide bonds. The maximum atomic E-state index is 6.08. The highest BCUT2D eigenvalue weighted by molar-refractivity contribution is 6.30. The van der Waals surface area contributed by atoms with E-state index < -0.39 is 0 Å². The molecule has 0 spiro atoms. The average molecular weight is 412 g/mol. The van der Waals surface area contributed by atoms with Crippen molar-refractivity contribution in [3.8, 4) is 11.1 Å². The molecule has 0 aliphatic heterocycles. The third-order valence-corrected chi connectivity index (χ3v) is 5.73. The number of aryl methyl sites for hydroxylation is 2. The third kappa shape index (κ3) is 4.75. The van der Waals surface area contributed by atoms with Crippen molar-refractivity contribution in [1.29, 1.82) is 0 Å². The number of rotatable bonds is 6. The minimum Gasteiger partial charge on any atom is -0.337 e. The lowest BCUT2D eigenvalue weighted by Crippen LogP contribution is -2.16. The predicted octanol–water partition coefficient (Wildman–Crippen LogP) is 8.22. The molecule has 0 aliphatic rings. The van der Waals surface area contributed by atoms with Crippen LogP contribution in [-0.4, -0.2) is 0 Å². The molecule has 30 heavy (non-hydrogen) atoms. The quantitative estimate of drug-likeness (QED) is 0.309. The molecule has 150 valence electrons. The van der Waals surface area contributed by atoms with Gasteiger partial charge in [-0.2, -0.15) is 0 Å². The molecule has 0 saturated carbocycles. The van der Waals surface area contributed by atoms with Gasteiger partial charge in [-0.3, -0.25) is 0 Å². The van der Waals surface area contributed by atoms with Gasteiger partial charge in [-0.1, -0.05) is 84.8 Å². The van der Waals surface area contributed by atoms with Crippen molar-refractivity contribution >= 4 is 23.0 Å². The summed E-state index contributed by atoms with van der Waals surface area (Å²) in [6.45, 7) is 5.08. The van der Waals surface area contributed by atoms with E-state index in [0.717, 1.165) is 18.0 Å². The van der Waals surface area contributed by atoms with Crippen LogP contribution in [0.1, 0.15) is 23.6 Å². The minimum atomic E-state index is 0.763. The van der Waals surface area contributed by atoms with Gasteiger partial charge >= 0.3 is 0 Å². The van der Waals surface area contributed by atoms with Gasteiger partial charge in [0.25, 0.3) is 0 Å². The van der Waals surface area contributed by atoms with Crippen molar-refractivity contribution in [2.45, 2.75) is 26.8 Å². The first kappa shape index (κ1) is 20.3. The molecule has 4 aromatic rings. The molecular formula is C28H26ClN. The summed E-state index contributed by atoms with van der Waals surface area (Å²) in [4.78, 5) is 2.34. The van der Waals surface area contributed by atoms with Gasteiger partial charge in [-0.25, -0.2) is 0 Å². The maximum absolute atomic E-state index is 6.08. The number of benzene rings is 4. The van der Waals surface area contributed by atoms with Crippen LogP contribution in [0.5, 0.6) is 0 Å². The Balaban J connectivity index is 1.65. The second-order valence-corrected chi connectivity index (χ2v) is 8.08. The molecule has 2 heteroatoms. The van der Waals surface area contributed by atoms with Crippen molar-refractivity contribution in [3.05, 3.63) is 119 Å². The highest BCUT2D eigenvalue weighted by atomic mass is 35.5. The summed E-state index contributed by atoms with van der Waals surface area (Å²) < 4.78 is 0. The van der Waals surface area contributed by atoms with Gasteiger partial charge in [-0.15, -0.1) is 0 Å². The highest BCUT2D eigenvalue weighted by Crippen LogP contribution is 2.30. The zero-order valence-corrected chi connectivity index (χ0v) is 18.2. The van der Waals surface area contributed by atoms with E-state index in [1.165, 1.54) is 39.2 Å². The monoisotopic (exact) mass is 411 g/mol. The Kier molecular flexibility index (Phi) is 6.21. The Morgan fingerprint density at radius 2 is 1.07 bits per heavy atom. The second kappa shape index (κ2) is 9.19. The molecule has 4 rings (SSSR count). The number of anilines is 2. The van der Waals surface area contributed by atoms with Gasteiger partial charge in [0.05, 0.1) is 0 Å². The van der Waals surface area contributed by atoms with Crippen LogP contribution in [-0.2, 0) is 13.0 Å². The van der Waals surface area contributed by atoms with Crippen molar-refractivity contribution in [1.82, 2.24) is 0 Å². The molecule has 0 heterocycles. The molecule has 0 N–H and O–H groups in total. The summed E-state index contributed by atoms with van der Waals surface area (Å²) in [5, 5.41) is 0.763. The molecule has 0 unspecified atom stereocenters. The summed E-state index contributed by atoms with van der Waals surface area (Å²) >= 11 is 6.08. The lowest BCUT2D eigenvalue weighted by Gasteiger charge is -2.26. The molecule has 1 nitrogen and oxygen atoms in total. The zero-order chi connectivity index (χ0) is 20.9. The van der Waals surface area contributed by atoms with Crippen molar-refractivity contribution in [2.75, 3.05) is 4.90 Å². The van der Waals surface area contributed by atoms with Crippen LogP contribution in [0.25, 0.3) is 11.1 Å². The Morgan fingerprint density at radius 3 is 1.60 bits per heavy atom. The fourth-order valence-corrected chi connectivity index (χ4v) is 3.72. The standard InChI is InChI=1S/C28H26ClN/c1-3-22-6-10-24(11-7-22)25-12-18-28(19-13-25)30(27-16-4-21(2)5-17-27)20-23-8-14-26(29)15-9-23/h4-19H,3,20H2,1-2H3.